The molecule has 5 heteroatoms. The number of hydrogen-bond donors (Lipinski definition) is 0. The third-order valence-electron chi connectivity index (χ3n) is 6.62. The SMILES string of the molecule is Brc1ccc2oc3c(-c4nc(-c5ccccc5)nc(-c5ccc(-c6ccccc6)cc5)n4)cccc3c2c1. The molecule has 2 aromatic heterocycles. The number of fused-ring (bicyclic) bond motifs is 3. The molecule has 0 unspecified atom stereocenters. The van der Waals surface area contributed by atoms with Gasteiger partial charge in [0, 0.05) is 26.4 Å². The van der Waals surface area contributed by atoms with Gasteiger partial charge in [-0.15, -0.1) is 0 Å². The van der Waals surface area contributed by atoms with Crippen LogP contribution in [-0.4, -0.2) is 15.0 Å². The molecule has 0 aliphatic heterocycles. The van der Waals surface area contributed by atoms with Crippen LogP contribution < -0.4 is 0 Å². The summed E-state index contributed by atoms with van der Waals surface area (Å²) in [5.74, 6) is 1.81. The molecule has 0 N–H and O–H groups in total. The molecule has 5 aromatic carbocycles. The van der Waals surface area contributed by atoms with Crippen LogP contribution in [0, 0.1) is 0 Å². The molecule has 0 amide bonds. The Morgan fingerprint density at radius 1 is 0.474 bits per heavy atom. The van der Waals surface area contributed by atoms with Crippen LogP contribution in [0.1, 0.15) is 0 Å². The molecule has 0 saturated carbocycles. The molecule has 0 bridgehead atoms. The van der Waals surface area contributed by atoms with Gasteiger partial charge < -0.3 is 4.42 Å². The summed E-state index contributed by atoms with van der Waals surface area (Å²) < 4.78 is 7.33. The standard InChI is InChI=1S/C33H20BrN3O/c34-25-18-19-29-28(20-25)26-12-7-13-27(30(26)38-29)33-36-31(23-10-5-2-6-11-23)35-32(37-33)24-16-14-22(15-17-24)21-8-3-1-4-9-21/h1-20H. The first-order valence-electron chi connectivity index (χ1n) is 12.3. The minimum Gasteiger partial charge on any atom is -0.455 e. The van der Waals surface area contributed by atoms with Gasteiger partial charge >= 0.3 is 0 Å². The molecule has 38 heavy (non-hydrogen) atoms. The van der Waals surface area contributed by atoms with Gasteiger partial charge in [-0.1, -0.05) is 113 Å². The largest absolute Gasteiger partial charge is 0.455 e. The van der Waals surface area contributed by atoms with Gasteiger partial charge in [0.2, 0.25) is 0 Å². The summed E-state index contributed by atoms with van der Waals surface area (Å²) >= 11 is 3.58. The molecule has 7 aromatic rings. The average molecular weight is 554 g/mol. The Morgan fingerprint density at radius 2 is 1.05 bits per heavy atom. The third-order valence-corrected chi connectivity index (χ3v) is 7.11. The second kappa shape index (κ2) is 9.36. The van der Waals surface area contributed by atoms with Crippen LogP contribution >= 0.6 is 15.9 Å². The van der Waals surface area contributed by atoms with Gasteiger partial charge in [-0.25, -0.2) is 15.0 Å². The molecule has 0 radical (unpaired) electrons. The van der Waals surface area contributed by atoms with E-state index in [1.807, 2.05) is 72.8 Å². The van der Waals surface area contributed by atoms with E-state index < -0.39 is 0 Å². The van der Waals surface area contributed by atoms with Crippen molar-refractivity contribution in [3.05, 3.63) is 126 Å². The number of para-hydroxylation sites is 1. The summed E-state index contributed by atoms with van der Waals surface area (Å²) in [4.78, 5) is 14.7. The van der Waals surface area contributed by atoms with E-state index in [0.717, 1.165) is 48.7 Å². The number of hydrogen-bond acceptors (Lipinski definition) is 4. The predicted octanol–water partition coefficient (Wildman–Crippen LogP) is 9.20. The third kappa shape index (κ3) is 4.07. The van der Waals surface area contributed by atoms with Crippen LogP contribution in [0.3, 0.4) is 0 Å². The van der Waals surface area contributed by atoms with Gasteiger partial charge in [0.1, 0.15) is 11.2 Å². The van der Waals surface area contributed by atoms with Crippen molar-refractivity contribution < 1.29 is 4.42 Å². The lowest BCUT2D eigenvalue weighted by molar-refractivity contribution is 0.669. The van der Waals surface area contributed by atoms with Crippen LogP contribution in [0.5, 0.6) is 0 Å². The monoisotopic (exact) mass is 553 g/mol. The molecule has 0 spiro atoms. The number of halogens is 1. The van der Waals surface area contributed by atoms with Crippen molar-refractivity contribution in [2.24, 2.45) is 0 Å². The van der Waals surface area contributed by atoms with Crippen molar-refractivity contribution in [3.8, 4) is 45.3 Å². The summed E-state index contributed by atoms with van der Waals surface area (Å²) in [6, 6.07) is 40.8. The maximum atomic E-state index is 6.33. The summed E-state index contributed by atoms with van der Waals surface area (Å²) in [6.07, 6.45) is 0. The number of nitrogens with zero attached hydrogens (tertiary/aromatic N) is 3. The fourth-order valence-corrected chi connectivity index (χ4v) is 5.09. The lowest BCUT2D eigenvalue weighted by atomic mass is 10.0. The molecule has 2 heterocycles. The summed E-state index contributed by atoms with van der Waals surface area (Å²) in [5.41, 5.74) is 6.58. The van der Waals surface area contributed by atoms with Crippen LogP contribution in [0.15, 0.2) is 130 Å². The Bertz CT molecular complexity index is 1910. The highest BCUT2D eigenvalue weighted by Gasteiger charge is 2.17. The molecule has 180 valence electrons. The normalized spacial score (nSPS) is 11.3. The van der Waals surface area contributed by atoms with Gasteiger partial charge in [0.05, 0.1) is 5.56 Å². The lowest BCUT2D eigenvalue weighted by Crippen LogP contribution is -2.00. The summed E-state index contributed by atoms with van der Waals surface area (Å²) in [7, 11) is 0. The average Bonchev–Trinajstić information content (AvgIpc) is 3.36. The van der Waals surface area contributed by atoms with E-state index in [1.165, 1.54) is 5.56 Å². The van der Waals surface area contributed by atoms with Gasteiger partial charge in [-0.05, 0) is 35.4 Å². The number of benzene rings is 5. The molecule has 0 saturated heterocycles. The summed E-state index contributed by atoms with van der Waals surface area (Å²) in [5, 5.41) is 2.07. The minimum absolute atomic E-state index is 0.574. The Hall–Kier alpha value is -4.61. The number of aromatic nitrogens is 3. The number of rotatable bonds is 4. The molecule has 0 aliphatic carbocycles. The van der Waals surface area contributed by atoms with Gasteiger partial charge in [0.25, 0.3) is 0 Å². The van der Waals surface area contributed by atoms with Crippen molar-refractivity contribution in [3.63, 3.8) is 0 Å². The predicted molar refractivity (Wildman–Crippen MR) is 157 cm³/mol. The van der Waals surface area contributed by atoms with E-state index >= 15 is 0 Å². The maximum Gasteiger partial charge on any atom is 0.167 e. The van der Waals surface area contributed by atoms with E-state index in [4.69, 9.17) is 19.4 Å². The second-order valence-corrected chi connectivity index (χ2v) is 9.96. The highest BCUT2D eigenvalue weighted by molar-refractivity contribution is 9.10. The van der Waals surface area contributed by atoms with E-state index in [-0.39, 0.29) is 0 Å². The van der Waals surface area contributed by atoms with Crippen molar-refractivity contribution >= 4 is 37.9 Å². The molecule has 0 aliphatic rings. The first kappa shape index (κ1) is 22.6. The Kier molecular flexibility index (Phi) is 5.56. The minimum atomic E-state index is 0.574. The van der Waals surface area contributed by atoms with Gasteiger partial charge in [-0.2, -0.15) is 0 Å². The maximum absolute atomic E-state index is 6.33. The van der Waals surface area contributed by atoms with Crippen LogP contribution in [0.25, 0.3) is 67.2 Å². The molecule has 0 atom stereocenters. The van der Waals surface area contributed by atoms with Crippen LogP contribution in [0.4, 0.5) is 0 Å². The topological polar surface area (TPSA) is 51.8 Å². The van der Waals surface area contributed by atoms with E-state index in [1.54, 1.807) is 0 Å². The van der Waals surface area contributed by atoms with Crippen molar-refractivity contribution in [1.82, 2.24) is 15.0 Å². The number of furan rings is 1. The summed E-state index contributed by atoms with van der Waals surface area (Å²) in [6.45, 7) is 0. The zero-order chi connectivity index (χ0) is 25.5. The fraction of sp³-hybridized carbons (Fsp3) is 0. The highest BCUT2D eigenvalue weighted by Crippen LogP contribution is 2.36. The van der Waals surface area contributed by atoms with E-state index in [9.17, 15) is 0 Å². The molecule has 4 nitrogen and oxygen atoms in total. The Balaban J connectivity index is 1.41. The first-order chi connectivity index (χ1) is 18.7. The van der Waals surface area contributed by atoms with Crippen molar-refractivity contribution in [2.45, 2.75) is 0 Å². The smallest absolute Gasteiger partial charge is 0.167 e. The van der Waals surface area contributed by atoms with Crippen molar-refractivity contribution in [1.29, 1.82) is 0 Å². The van der Waals surface area contributed by atoms with E-state index in [0.29, 0.717) is 17.5 Å². The molecule has 7 rings (SSSR count). The zero-order valence-corrected chi connectivity index (χ0v) is 21.8. The Morgan fingerprint density at radius 3 is 1.76 bits per heavy atom. The lowest BCUT2D eigenvalue weighted by Gasteiger charge is -2.09. The highest BCUT2D eigenvalue weighted by atomic mass is 79.9. The fourth-order valence-electron chi connectivity index (χ4n) is 4.73. The van der Waals surface area contributed by atoms with Crippen LogP contribution in [-0.2, 0) is 0 Å². The molecular formula is C33H20BrN3O. The molecule has 0 fully saturated rings. The van der Waals surface area contributed by atoms with Crippen LogP contribution in [0.2, 0.25) is 0 Å². The van der Waals surface area contributed by atoms with Gasteiger partial charge in [-0.3, -0.25) is 0 Å². The quantitative estimate of drug-likeness (QED) is 0.218. The first-order valence-corrected chi connectivity index (χ1v) is 13.1. The second-order valence-electron chi connectivity index (χ2n) is 9.04. The van der Waals surface area contributed by atoms with Gasteiger partial charge in [0.15, 0.2) is 17.5 Å². The van der Waals surface area contributed by atoms with E-state index in [2.05, 4.69) is 64.5 Å². The Labute approximate surface area is 227 Å². The molecular weight excluding hydrogens is 534 g/mol. The zero-order valence-electron chi connectivity index (χ0n) is 20.2. The van der Waals surface area contributed by atoms with Crippen molar-refractivity contribution in [2.75, 3.05) is 0 Å².